The van der Waals surface area contributed by atoms with Gasteiger partial charge in [-0.25, -0.2) is 0 Å². The molecule has 0 aromatic heterocycles. The molecule has 1 N–H and O–H groups in total. The van der Waals surface area contributed by atoms with Gasteiger partial charge in [0.15, 0.2) is 0 Å². The molecule has 0 amide bonds. The Balaban J connectivity index is 1.77. The summed E-state index contributed by atoms with van der Waals surface area (Å²) in [4.78, 5) is 0. The molecule has 1 nitrogen and oxygen atoms in total. The first-order chi connectivity index (χ1) is 7.36. The molecule has 1 aromatic carbocycles. The van der Waals surface area contributed by atoms with Crippen LogP contribution in [0.1, 0.15) is 31.2 Å². The molecule has 2 atom stereocenters. The second kappa shape index (κ2) is 3.64. The molecule has 1 radical (unpaired) electrons. The average Bonchev–Trinajstić information content (AvgIpc) is 2.55. The van der Waals surface area contributed by atoms with Gasteiger partial charge in [-0.15, -0.1) is 0 Å². The standard InChI is InChI=1S/C14H18N/c1-2-5-12(6-3-1)11-14-9-4-7-13(15-14)8-10-14/h1-6,13,15H,7-11H2. The summed E-state index contributed by atoms with van der Waals surface area (Å²) in [5.74, 6) is 0. The van der Waals surface area contributed by atoms with E-state index in [0.29, 0.717) is 5.54 Å². The summed E-state index contributed by atoms with van der Waals surface area (Å²) in [6, 6.07) is 11.6. The van der Waals surface area contributed by atoms with Gasteiger partial charge in [0.25, 0.3) is 0 Å². The quantitative estimate of drug-likeness (QED) is 0.774. The molecule has 79 valence electrons. The molecule has 15 heavy (non-hydrogen) atoms. The number of benzene rings is 1. The van der Waals surface area contributed by atoms with Crippen molar-refractivity contribution < 1.29 is 0 Å². The molecule has 2 unspecified atom stereocenters. The minimum atomic E-state index is 0.393. The van der Waals surface area contributed by atoms with Crippen molar-refractivity contribution in [3.8, 4) is 0 Å². The fourth-order valence-corrected chi connectivity index (χ4v) is 3.12. The first-order valence-corrected chi connectivity index (χ1v) is 6.00. The summed E-state index contributed by atoms with van der Waals surface area (Å²) in [6.07, 6.45) is 8.92. The number of fused-ring (bicyclic) bond motifs is 2. The van der Waals surface area contributed by atoms with E-state index in [-0.39, 0.29) is 0 Å². The summed E-state index contributed by atoms with van der Waals surface area (Å²) in [5, 5.41) is 3.82. The number of nitrogens with one attached hydrogen (secondary N) is 1. The van der Waals surface area contributed by atoms with Gasteiger partial charge in [-0.05, 0) is 44.1 Å². The van der Waals surface area contributed by atoms with Gasteiger partial charge in [-0.1, -0.05) is 30.3 Å². The maximum Gasteiger partial charge on any atom is 0.0227 e. The first kappa shape index (κ1) is 9.41. The third kappa shape index (κ3) is 1.81. The van der Waals surface area contributed by atoms with E-state index >= 15 is 0 Å². The van der Waals surface area contributed by atoms with Crippen LogP contribution < -0.4 is 5.32 Å². The molecular formula is C14H18N. The highest BCUT2D eigenvalue weighted by atomic mass is 15.1. The van der Waals surface area contributed by atoms with Crippen molar-refractivity contribution in [2.75, 3.05) is 0 Å². The van der Waals surface area contributed by atoms with Crippen molar-refractivity contribution in [1.29, 1.82) is 0 Å². The lowest BCUT2D eigenvalue weighted by atomic mass is 9.84. The zero-order chi connectivity index (χ0) is 10.1. The third-order valence-corrected chi connectivity index (χ3v) is 3.85. The van der Waals surface area contributed by atoms with Gasteiger partial charge >= 0.3 is 0 Å². The number of hydrogen-bond acceptors (Lipinski definition) is 1. The Labute approximate surface area is 91.9 Å². The third-order valence-electron chi connectivity index (χ3n) is 3.85. The number of hydrogen-bond donors (Lipinski definition) is 1. The second-order valence-corrected chi connectivity index (χ2v) is 5.05. The van der Waals surface area contributed by atoms with E-state index in [1.807, 2.05) is 0 Å². The summed E-state index contributed by atoms with van der Waals surface area (Å²) in [6.45, 7) is 0. The number of piperidine rings is 1. The zero-order valence-electron chi connectivity index (χ0n) is 9.08. The minimum absolute atomic E-state index is 0.393. The van der Waals surface area contributed by atoms with Gasteiger partial charge < -0.3 is 5.32 Å². The SMILES string of the molecule is [CH]1CC2CCC(Cc3ccccc3)(C1)N2. The molecule has 0 aliphatic carbocycles. The van der Waals surface area contributed by atoms with Gasteiger partial charge in [0.2, 0.25) is 0 Å². The maximum atomic E-state index is 3.82. The molecule has 1 heteroatoms. The summed E-state index contributed by atoms with van der Waals surface area (Å²) in [7, 11) is 0. The molecule has 2 heterocycles. The Hall–Kier alpha value is -0.820. The fraction of sp³-hybridized carbons (Fsp3) is 0.500. The van der Waals surface area contributed by atoms with Crippen LogP contribution in [0, 0.1) is 6.42 Å². The van der Waals surface area contributed by atoms with Crippen LogP contribution >= 0.6 is 0 Å². The van der Waals surface area contributed by atoms with Gasteiger partial charge in [0.1, 0.15) is 0 Å². The van der Waals surface area contributed by atoms with Crippen LogP contribution in [0.25, 0.3) is 0 Å². The molecular weight excluding hydrogens is 182 g/mol. The maximum absolute atomic E-state index is 3.82. The van der Waals surface area contributed by atoms with E-state index in [1.54, 1.807) is 0 Å². The molecule has 2 bridgehead atoms. The summed E-state index contributed by atoms with van der Waals surface area (Å²) >= 11 is 0. The van der Waals surface area contributed by atoms with E-state index in [1.165, 1.54) is 37.7 Å². The van der Waals surface area contributed by atoms with Crippen molar-refractivity contribution in [2.24, 2.45) is 0 Å². The summed E-state index contributed by atoms with van der Waals surface area (Å²) < 4.78 is 0. The van der Waals surface area contributed by atoms with Crippen LogP contribution in [0.2, 0.25) is 0 Å². The highest BCUT2D eigenvalue weighted by molar-refractivity contribution is 5.20. The number of rotatable bonds is 2. The van der Waals surface area contributed by atoms with Gasteiger partial charge in [0.05, 0.1) is 0 Å². The largest absolute Gasteiger partial charge is 0.308 e. The minimum Gasteiger partial charge on any atom is -0.308 e. The molecule has 2 saturated heterocycles. The van der Waals surface area contributed by atoms with Gasteiger partial charge in [-0.3, -0.25) is 0 Å². The lowest BCUT2D eigenvalue weighted by molar-refractivity contribution is 0.314. The topological polar surface area (TPSA) is 12.0 Å². The molecule has 3 rings (SSSR count). The van der Waals surface area contributed by atoms with Crippen LogP contribution in [0.15, 0.2) is 30.3 Å². The van der Waals surface area contributed by atoms with E-state index in [9.17, 15) is 0 Å². The lowest BCUT2D eigenvalue weighted by Crippen LogP contribution is -2.48. The normalized spacial score (nSPS) is 34.3. The van der Waals surface area contributed by atoms with Crippen LogP contribution in [0.3, 0.4) is 0 Å². The molecule has 2 aliphatic rings. The second-order valence-electron chi connectivity index (χ2n) is 5.05. The predicted molar refractivity (Wildman–Crippen MR) is 62.6 cm³/mol. The van der Waals surface area contributed by atoms with Crippen LogP contribution in [0.4, 0.5) is 0 Å². The Morgan fingerprint density at radius 3 is 3.00 bits per heavy atom. The molecule has 1 aromatic rings. The first-order valence-electron chi connectivity index (χ1n) is 6.00. The molecule has 2 fully saturated rings. The predicted octanol–water partition coefficient (Wildman–Crippen LogP) is 2.72. The van der Waals surface area contributed by atoms with Crippen LogP contribution in [0.5, 0.6) is 0 Å². The van der Waals surface area contributed by atoms with Gasteiger partial charge in [0, 0.05) is 11.6 Å². The van der Waals surface area contributed by atoms with Crippen molar-refractivity contribution in [3.05, 3.63) is 42.3 Å². The Morgan fingerprint density at radius 1 is 1.27 bits per heavy atom. The van der Waals surface area contributed by atoms with E-state index in [4.69, 9.17) is 0 Å². The highest BCUT2D eigenvalue weighted by Crippen LogP contribution is 2.37. The van der Waals surface area contributed by atoms with Gasteiger partial charge in [-0.2, -0.15) is 0 Å². The van der Waals surface area contributed by atoms with Crippen molar-refractivity contribution in [3.63, 3.8) is 0 Å². The van der Waals surface area contributed by atoms with E-state index in [2.05, 4.69) is 42.1 Å². The fourth-order valence-electron chi connectivity index (χ4n) is 3.12. The Morgan fingerprint density at radius 2 is 2.13 bits per heavy atom. The molecule has 0 saturated carbocycles. The smallest absolute Gasteiger partial charge is 0.0227 e. The molecule has 0 spiro atoms. The van der Waals surface area contributed by atoms with Crippen molar-refractivity contribution in [1.82, 2.24) is 5.32 Å². The monoisotopic (exact) mass is 200 g/mol. The summed E-state index contributed by atoms with van der Waals surface area (Å²) in [5.41, 5.74) is 1.87. The van der Waals surface area contributed by atoms with E-state index in [0.717, 1.165) is 6.04 Å². The molecule has 2 aliphatic heterocycles. The van der Waals surface area contributed by atoms with Crippen molar-refractivity contribution >= 4 is 0 Å². The van der Waals surface area contributed by atoms with Crippen LogP contribution in [-0.4, -0.2) is 11.6 Å². The zero-order valence-corrected chi connectivity index (χ0v) is 9.08. The highest BCUT2D eigenvalue weighted by Gasteiger charge is 2.40. The Bertz CT molecular complexity index is 328. The van der Waals surface area contributed by atoms with Crippen molar-refractivity contribution in [2.45, 2.75) is 43.7 Å². The Kier molecular flexibility index (Phi) is 2.28. The lowest BCUT2D eigenvalue weighted by Gasteiger charge is -2.34. The average molecular weight is 200 g/mol. The van der Waals surface area contributed by atoms with Crippen LogP contribution in [-0.2, 0) is 6.42 Å². The van der Waals surface area contributed by atoms with E-state index < -0.39 is 0 Å².